The first-order valence-corrected chi connectivity index (χ1v) is 9.28. The molecule has 0 aliphatic carbocycles. The van der Waals surface area contributed by atoms with Crippen molar-refractivity contribution < 1.29 is 18.9 Å². The van der Waals surface area contributed by atoms with Gasteiger partial charge in [0.1, 0.15) is 0 Å². The average molecular weight is 371 g/mol. The monoisotopic (exact) mass is 370 g/mol. The number of hydrogen-bond donors (Lipinski definition) is 1. The normalized spacial score (nSPS) is 26.0. The fourth-order valence-electron chi connectivity index (χ4n) is 3.07. The van der Waals surface area contributed by atoms with Crippen LogP contribution >= 0.6 is 11.6 Å². The van der Waals surface area contributed by atoms with Crippen molar-refractivity contribution >= 4 is 11.6 Å². The van der Waals surface area contributed by atoms with Crippen LogP contribution in [0.25, 0.3) is 0 Å². The lowest BCUT2D eigenvalue weighted by molar-refractivity contribution is -0.169. The molecule has 0 bridgehead atoms. The molecular weight excluding hydrogens is 344 g/mol. The van der Waals surface area contributed by atoms with Crippen molar-refractivity contribution in [3.8, 4) is 0 Å². The molecule has 2 saturated heterocycles. The van der Waals surface area contributed by atoms with Gasteiger partial charge in [0.2, 0.25) is 0 Å². The summed E-state index contributed by atoms with van der Waals surface area (Å²) in [5, 5.41) is 4.02. The van der Waals surface area contributed by atoms with Crippen LogP contribution < -0.4 is 5.32 Å². The molecular formula is C18H27ClN2O4. The second kappa shape index (κ2) is 8.75. The van der Waals surface area contributed by atoms with Gasteiger partial charge >= 0.3 is 0 Å². The minimum Gasteiger partial charge on any atom is -0.353 e. The number of nitrogens with zero attached hydrogens (tertiary/aromatic N) is 1. The fraction of sp³-hybridized carbons (Fsp3) is 0.722. The van der Waals surface area contributed by atoms with Crippen LogP contribution in [0.4, 0.5) is 0 Å². The van der Waals surface area contributed by atoms with Gasteiger partial charge in [-0.25, -0.2) is 0 Å². The Morgan fingerprint density at radius 3 is 2.96 bits per heavy atom. The Bertz CT molecular complexity index is 564. The van der Waals surface area contributed by atoms with Gasteiger partial charge in [0.15, 0.2) is 12.1 Å². The molecule has 2 aliphatic heterocycles. The van der Waals surface area contributed by atoms with Crippen LogP contribution in [0, 0.1) is 0 Å². The van der Waals surface area contributed by atoms with Crippen LogP contribution in [-0.4, -0.2) is 42.9 Å². The predicted molar refractivity (Wildman–Crippen MR) is 94.2 cm³/mol. The van der Waals surface area contributed by atoms with Crippen molar-refractivity contribution in [2.75, 3.05) is 19.8 Å². The maximum absolute atomic E-state index is 6.33. The van der Waals surface area contributed by atoms with Gasteiger partial charge in [0, 0.05) is 37.7 Å². The van der Waals surface area contributed by atoms with Crippen molar-refractivity contribution in [2.45, 2.75) is 64.4 Å². The highest BCUT2D eigenvalue weighted by molar-refractivity contribution is 6.31. The summed E-state index contributed by atoms with van der Waals surface area (Å²) in [7, 11) is 0. The van der Waals surface area contributed by atoms with E-state index in [1.165, 1.54) is 0 Å². The number of halogens is 1. The first-order chi connectivity index (χ1) is 12.0. The molecule has 25 heavy (non-hydrogen) atoms. The summed E-state index contributed by atoms with van der Waals surface area (Å²) in [6.07, 6.45) is 6.59. The fourth-order valence-corrected chi connectivity index (χ4v) is 3.30. The van der Waals surface area contributed by atoms with E-state index in [0.717, 1.165) is 37.0 Å². The summed E-state index contributed by atoms with van der Waals surface area (Å²) in [5.41, 5.74) is 1.99. The van der Waals surface area contributed by atoms with E-state index in [9.17, 15) is 0 Å². The van der Waals surface area contributed by atoms with Crippen molar-refractivity contribution in [3.63, 3.8) is 0 Å². The van der Waals surface area contributed by atoms with E-state index in [4.69, 9.17) is 30.5 Å². The zero-order valence-corrected chi connectivity index (χ0v) is 15.7. The van der Waals surface area contributed by atoms with Crippen LogP contribution in [-0.2, 0) is 32.1 Å². The quantitative estimate of drug-likeness (QED) is 0.796. The van der Waals surface area contributed by atoms with E-state index in [0.29, 0.717) is 31.3 Å². The number of ether oxygens (including phenoxy) is 4. The number of nitrogens with one attached hydrogen (secondary N) is 1. The zero-order chi connectivity index (χ0) is 17.7. The second-order valence-corrected chi connectivity index (χ2v) is 7.35. The lowest BCUT2D eigenvalue weighted by atomic mass is 10.1. The molecule has 3 rings (SSSR count). The maximum Gasteiger partial charge on any atom is 0.163 e. The molecule has 0 radical (unpaired) electrons. The molecule has 0 amide bonds. The van der Waals surface area contributed by atoms with Gasteiger partial charge in [-0.3, -0.25) is 4.98 Å². The van der Waals surface area contributed by atoms with Gasteiger partial charge in [-0.05, 0) is 38.7 Å². The molecule has 2 aliphatic rings. The highest BCUT2D eigenvalue weighted by Crippen LogP contribution is 2.24. The summed E-state index contributed by atoms with van der Waals surface area (Å²) < 4.78 is 22.9. The van der Waals surface area contributed by atoms with Gasteiger partial charge in [0.25, 0.3) is 0 Å². The Kier molecular flexibility index (Phi) is 6.66. The summed E-state index contributed by atoms with van der Waals surface area (Å²) >= 11 is 6.33. The molecule has 1 aromatic rings. The number of aromatic nitrogens is 1. The van der Waals surface area contributed by atoms with Crippen LogP contribution in [0.2, 0.25) is 5.02 Å². The van der Waals surface area contributed by atoms with E-state index >= 15 is 0 Å². The molecule has 2 unspecified atom stereocenters. The molecule has 2 fully saturated rings. The first kappa shape index (κ1) is 19.0. The Labute approximate surface area is 154 Å². The van der Waals surface area contributed by atoms with Gasteiger partial charge in [-0.15, -0.1) is 0 Å². The summed E-state index contributed by atoms with van der Waals surface area (Å²) in [5.74, 6) is -0.497. The lowest BCUT2D eigenvalue weighted by Crippen LogP contribution is -2.30. The second-order valence-electron chi connectivity index (χ2n) is 6.95. The summed E-state index contributed by atoms with van der Waals surface area (Å²) in [4.78, 5) is 4.20. The first-order valence-electron chi connectivity index (χ1n) is 8.90. The molecule has 0 aromatic carbocycles. The Hall–Kier alpha value is -0.760. The van der Waals surface area contributed by atoms with E-state index in [-0.39, 0.29) is 12.4 Å². The standard InChI is InChI=1S/C18H27ClN2O4/c1-18(2)24-11-14(25-18)9-20-7-13-8-21-10-16(19)15(13)12-23-17-5-3-4-6-22-17/h8,10,14,17,20H,3-7,9,11-12H2,1-2H3. The number of pyridine rings is 1. The van der Waals surface area contributed by atoms with Gasteiger partial charge < -0.3 is 24.3 Å². The Balaban J connectivity index is 1.51. The minimum atomic E-state index is -0.497. The minimum absolute atomic E-state index is 0.0532. The third kappa shape index (κ3) is 5.61. The summed E-state index contributed by atoms with van der Waals surface area (Å²) in [6, 6.07) is 0. The molecule has 140 valence electrons. The third-order valence-corrected chi connectivity index (χ3v) is 4.73. The molecule has 6 nitrogen and oxygen atoms in total. The van der Waals surface area contributed by atoms with Gasteiger partial charge in [-0.2, -0.15) is 0 Å². The highest BCUT2D eigenvalue weighted by atomic mass is 35.5. The predicted octanol–water partition coefficient (Wildman–Crippen LogP) is 3.02. The zero-order valence-electron chi connectivity index (χ0n) is 14.9. The SMILES string of the molecule is CC1(C)OCC(CNCc2cncc(Cl)c2COC2CCCCO2)O1. The van der Waals surface area contributed by atoms with E-state index in [1.54, 1.807) is 6.20 Å². The van der Waals surface area contributed by atoms with Gasteiger partial charge in [0.05, 0.1) is 24.3 Å². The average Bonchev–Trinajstić information content (AvgIpc) is 2.94. The Morgan fingerprint density at radius 1 is 1.36 bits per heavy atom. The number of rotatable bonds is 7. The van der Waals surface area contributed by atoms with Crippen LogP contribution in [0.5, 0.6) is 0 Å². The van der Waals surface area contributed by atoms with Crippen molar-refractivity contribution in [2.24, 2.45) is 0 Å². The highest BCUT2D eigenvalue weighted by Gasteiger charge is 2.32. The van der Waals surface area contributed by atoms with Crippen LogP contribution in [0.3, 0.4) is 0 Å². The lowest BCUT2D eigenvalue weighted by Gasteiger charge is -2.23. The molecule has 3 heterocycles. The maximum atomic E-state index is 6.33. The molecule has 2 atom stereocenters. The van der Waals surface area contributed by atoms with Crippen LogP contribution in [0.15, 0.2) is 12.4 Å². The van der Waals surface area contributed by atoms with E-state index < -0.39 is 5.79 Å². The third-order valence-electron chi connectivity index (χ3n) is 4.40. The van der Waals surface area contributed by atoms with Gasteiger partial charge in [-0.1, -0.05) is 11.6 Å². The molecule has 0 spiro atoms. The van der Waals surface area contributed by atoms with E-state index in [1.807, 2.05) is 20.0 Å². The van der Waals surface area contributed by atoms with Crippen molar-refractivity contribution in [1.29, 1.82) is 0 Å². The molecule has 1 aromatic heterocycles. The molecule has 7 heteroatoms. The number of hydrogen-bond acceptors (Lipinski definition) is 6. The molecule has 0 saturated carbocycles. The molecule has 1 N–H and O–H groups in total. The van der Waals surface area contributed by atoms with Crippen LogP contribution in [0.1, 0.15) is 44.2 Å². The smallest absolute Gasteiger partial charge is 0.163 e. The summed E-state index contributed by atoms with van der Waals surface area (Å²) in [6.45, 7) is 7.01. The van der Waals surface area contributed by atoms with Crippen molar-refractivity contribution in [1.82, 2.24) is 10.3 Å². The Morgan fingerprint density at radius 2 is 2.24 bits per heavy atom. The largest absolute Gasteiger partial charge is 0.353 e. The topological polar surface area (TPSA) is 61.8 Å². The van der Waals surface area contributed by atoms with Crippen molar-refractivity contribution in [3.05, 3.63) is 28.5 Å². The van der Waals surface area contributed by atoms with E-state index in [2.05, 4.69) is 10.3 Å².